The molecule has 0 aromatic heterocycles. The molecule has 4 rings (SSSR count). The van der Waals surface area contributed by atoms with Gasteiger partial charge in [-0.2, -0.15) is 8.78 Å². The maximum Gasteiger partial charge on any atom is 0.356 e. The first kappa shape index (κ1) is 26.1. The largest absolute Gasteiger partial charge is 0.488 e. The monoisotopic (exact) mass is 533 g/mol. The summed E-state index contributed by atoms with van der Waals surface area (Å²) < 4.78 is 104. The number of urea groups is 1. The minimum absolute atomic E-state index is 0.0282. The van der Waals surface area contributed by atoms with Crippen molar-refractivity contribution in [3.63, 3.8) is 0 Å². The zero-order chi connectivity index (χ0) is 26.4. The van der Waals surface area contributed by atoms with Crippen LogP contribution in [0.2, 0.25) is 0 Å². The van der Waals surface area contributed by atoms with Gasteiger partial charge in [-0.15, -0.1) is 0 Å². The Balaban J connectivity index is 1.83. The summed E-state index contributed by atoms with van der Waals surface area (Å²) in [5.74, 6) is -1.77. The second kappa shape index (κ2) is 9.51. The predicted octanol–water partition coefficient (Wildman–Crippen LogP) is 3.54. The van der Waals surface area contributed by atoms with Crippen molar-refractivity contribution in [1.29, 1.82) is 0 Å². The number of carbonyl (C=O) groups is 1. The number of benzene rings is 2. The Hall–Kier alpha value is -2.93. The van der Waals surface area contributed by atoms with Crippen molar-refractivity contribution in [1.82, 2.24) is 14.5 Å². The van der Waals surface area contributed by atoms with Crippen molar-refractivity contribution in [3.8, 4) is 16.9 Å². The molecule has 3 unspecified atom stereocenters. The number of nitrogens with zero attached hydrogens (tertiary/aromatic N) is 2. The lowest BCUT2D eigenvalue weighted by Gasteiger charge is -2.32. The van der Waals surface area contributed by atoms with Crippen LogP contribution in [0.4, 0.5) is 26.7 Å². The smallest absolute Gasteiger partial charge is 0.356 e. The summed E-state index contributed by atoms with van der Waals surface area (Å²) in [6.45, 7) is -0.713. The van der Waals surface area contributed by atoms with Gasteiger partial charge >= 0.3 is 11.3 Å². The maximum atomic E-state index is 15.7. The average molecular weight is 534 g/mol. The van der Waals surface area contributed by atoms with Gasteiger partial charge < -0.3 is 14.5 Å². The molecule has 2 aliphatic heterocycles. The van der Waals surface area contributed by atoms with Crippen molar-refractivity contribution in [2.24, 2.45) is 0 Å². The quantitative estimate of drug-likeness (QED) is 0.613. The van der Waals surface area contributed by atoms with Crippen LogP contribution in [0.1, 0.15) is 12.5 Å². The molecule has 2 aromatic rings. The number of likely N-dealkylation sites (N-methyl/N-ethyl adjacent to an activating group) is 1. The van der Waals surface area contributed by atoms with E-state index in [-0.39, 0.29) is 42.5 Å². The topological polar surface area (TPSA) is 79.0 Å². The molecule has 1 N–H and O–H groups in total. The van der Waals surface area contributed by atoms with E-state index in [0.29, 0.717) is 0 Å². The van der Waals surface area contributed by atoms with Gasteiger partial charge in [-0.05, 0) is 18.1 Å². The van der Waals surface area contributed by atoms with Gasteiger partial charge in [-0.3, -0.25) is 0 Å². The molecule has 0 saturated carbocycles. The van der Waals surface area contributed by atoms with Crippen molar-refractivity contribution in [2.45, 2.75) is 36.9 Å². The van der Waals surface area contributed by atoms with E-state index in [1.165, 1.54) is 37.4 Å². The van der Waals surface area contributed by atoms with Crippen LogP contribution in [0, 0.1) is 11.6 Å². The van der Waals surface area contributed by atoms with Crippen LogP contribution in [-0.2, 0) is 16.4 Å². The molecule has 2 amide bonds. The van der Waals surface area contributed by atoms with Gasteiger partial charge in [0, 0.05) is 25.1 Å². The highest BCUT2D eigenvalue weighted by Gasteiger charge is 2.50. The van der Waals surface area contributed by atoms with Gasteiger partial charge in [0.25, 0.3) is 10.0 Å². The molecule has 0 aliphatic carbocycles. The molecule has 1 fully saturated rings. The molecule has 2 aliphatic rings. The van der Waals surface area contributed by atoms with Crippen LogP contribution < -0.4 is 9.46 Å². The Bertz CT molecular complexity index is 1270. The average Bonchev–Trinajstić information content (AvgIpc) is 3.09. The lowest BCUT2D eigenvalue weighted by atomic mass is 9.95. The third-order valence-corrected chi connectivity index (χ3v) is 7.88. The maximum absolute atomic E-state index is 15.7. The normalized spacial score (nSPS) is 23.2. The number of carbonyl (C=O) groups excluding carboxylic acids is 1. The van der Waals surface area contributed by atoms with Gasteiger partial charge in [0.15, 0.2) is 11.6 Å². The van der Waals surface area contributed by atoms with E-state index in [0.717, 1.165) is 15.9 Å². The molecule has 2 bridgehead atoms. The van der Waals surface area contributed by atoms with Crippen molar-refractivity contribution in [3.05, 3.63) is 53.6 Å². The highest BCUT2D eigenvalue weighted by molar-refractivity contribution is 7.90. The van der Waals surface area contributed by atoms with Gasteiger partial charge in [0.2, 0.25) is 0 Å². The van der Waals surface area contributed by atoms with Gasteiger partial charge in [-0.1, -0.05) is 30.3 Å². The fourth-order valence-electron chi connectivity index (χ4n) is 4.40. The number of ether oxygens (including phenoxy) is 1. The number of hydrogen-bond donors (Lipinski definition) is 1. The molecule has 0 spiro atoms. The standard InChI is InChI=1S/C23H24F5N3O4S/c1-23(27,28)36(33,34)29-20-17(25)12-31-18(20)11-13-5-3-6-14(19(13)26)15-7-4-8-16(24)21(15)35-10-9-30(2)22(31)32/h3-8,17-18,20,29H,9-12H2,1-2H3. The Morgan fingerprint density at radius 3 is 2.47 bits per heavy atom. The van der Waals surface area contributed by atoms with Crippen molar-refractivity contribution in [2.75, 3.05) is 26.7 Å². The predicted molar refractivity (Wildman–Crippen MR) is 121 cm³/mol. The SMILES string of the molecule is CN1CCOc2c(F)cccc2-c2cccc(c2F)CC2C(NS(=O)(=O)C(C)(F)F)C(F)CN2C1=O. The van der Waals surface area contributed by atoms with Crippen molar-refractivity contribution >= 4 is 16.1 Å². The zero-order valence-corrected chi connectivity index (χ0v) is 20.2. The molecule has 0 radical (unpaired) electrons. The Labute approximate surface area is 204 Å². The molecule has 196 valence electrons. The van der Waals surface area contributed by atoms with Crippen LogP contribution in [0.5, 0.6) is 5.75 Å². The van der Waals surface area contributed by atoms with E-state index in [2.05, 4.69) is 0 Å². The van der Waals surface area contributed by atoms with Gasteiger partial charge in [0.05, 0.1) is 25.2 Å². The first-order chi connectivity index (χ1) is 16.8. The Morgan fingerprint density at radius 1 is 1.11 bits per heavy atom. The highest BCUT2D eigenvalue weighted by atomic mass is 32.2. The number of rotatable bonds is 3. The molecular weight excluding hydrogens is 509 g/mol. The molecule has 3 atom stereocenters. The first-order valence-electron chi connectivity index (χ1n) is 11.1. The summed E-state index contributed by atoms with van der Waals surface area (Å²) in [5.41, 5.74) is 0.0329. The molecule has 36 heavy (non-hydrogen) atoms. The fraction of sp³-hybridized carbons (Fsp3) is 0.435. The van der Waals surface area contributed by atoms with Crippen LogP contribution in [0.15, 0.2) is 36.4 Å². The summed E-state index contributed by atoms with van der Waals surface area (Å²) in [6, 6.07) is 4.33. The fourth-order valence-corrected chi connectivity index (χ4v) is 5.27. The summed E-state index contributed by atoms with van der Waals surface area (Å²) >= 11 is 0. The number of para-hydroxylation sites is 1. The van der Waals surface area contributed by atoms with Crippen LogP contribution >= 0.6 is 0 Å². The lowest BCUT2D eigenvalue weighted by molar-refractivity contribution is 0.110. The molecule has 2 heterocycles. The number of amides is 2. The summed E-state index contributed by atoms with van der Waals surface area (Å²) in [6.07, 6.45) is -2.43. The second-order valence-corrected chi connectivity index (χ2v) is 10.8. The second-order valence-electron chi connectivity index (χ2n) is 8.84. The summed E-state index contributed by atoms with van der Waals surface area (Å²) in [4.78, 5) is 15.3. The van der Waals surface area contributed by atoms with E-state index in [1.807, 2.05) is 0 Å². The van der Waals surface area contributed by atoms with Crippen LogP contribution in [0.3, 0.4) is 0 Å². The summed E-state index contributed by atoms with van der Waals surface area (Å²) in [5, 5.41) is -4.22. The number of nitrogens with one attached hydrogen (secondary N) is 1. The number of halogens is 5. The molecule has 13 heteroatoms. The van der Waals surface area contributed by atoms with E-state index in [4.69, 9.17) is 4.74 Å². The molecule has 7 nitrogen and oxygen atoms in total. The Morgan fingerprint density at radius 2 is 1.78 bits per heavy atom. The zero-order valence-electron chi connectivity index (χ0n) is 19.4. The number of sulfonamides is 1. The van der Waals surface area contributed by atoms with E-state index >= 15 is 8.78 Å². The lowest BCUT2D eigenvalue weighted by Crippen LogP contribution is -2.54. The Kier molecular flexibility index (Phi) is 6.90. The van der Waals surface area contributed by atoms with Crippen LogP contribution in [-0.4, -0.2) is 74.5 Å². The number of alkyl halides is 3. The van der Waals surface area contributed by atoms with E-state index < -0.39 is 64.2 Å². The number of hydrogen-bond acceptors (Lipinski definition) is 4. The van der Waals surface area contributed by atoms with E-state index in [9.17, 15) is 26.4 Å². The highest BCUT2D eigenvalue weighted by Crippen LogP contribution is 2.37. The summed E-state index contributed by atoms with van der Waals surface area (Å²) in [7, 11) is -3.94. The van der Waals surface area contributed by atoms with Gasteiger partial charge in [-0.25, -0.2) is 31.1 Å². The molecule has 2 aromatic carbocycles. The molecular formula is C23H24F5N3O4S. The van der Waals surface area contributed by atoms with E-state index in [1.54, 1.807) is 4.72 Å². The molecule has 1 saturated heterocycles. The number of fused-ring (bicyclic) bond motifs is 5. The van der Waals surface area contributed by atoms with Crippen LogP contribution in [0.25, 0.3) is 11.1 Å². The third kappa shape index (κ3) is 4.73. The van der Waals surface area contributed by atoms with Gasteiger partial charge in [0.1, 0.15) is 18.6 Å². The first-order valence-corrected chi connectivity index (χ1v) is 12.5. The third-order valence-electron chi connectivity index (χ3n) is 6.35. The van der Waals surface area contributed by atoms with Crippen molar-refractivity contribution < 1.29 is 39.9 Å². The minimum atomic E-state index is -5.31. The minimum Gasteiger partial charge on any atom is -0.488 e.